The number of amides is 1. The number of H-pyrrole nitrogens is 1. The van der Waals surface area contributed by atoms with Crippen LogP contribution >= 0.6 is 0 Å². The minimum Gasteiger partial charge on any atom is -0.337 e. The topological polar surface area (TPSA) is 83.0 Å². The molecule has 2 N–H and O–H groups in total. The zero-order valence-corrected chi connectivity index (χ0v) is 21.2. The summed E-state index contributed by atoms with van der Waals surface area (Å²) in [7, 11) is 0. The molecule has 7 rings (SSSR count). The van der Waals surface area contributed by atoms with Gasteiger partial charge in [-0.05, 0) is 72.7 Å². The number of anilines is 1. The van der Waals surface area contributed by atoms with Gasteiger partial charge in [-0.3, -0.25) is 14.8 Å². The Balaban J connectivity index is 1.28. The second-order valence-corrected chi connectivity index (χ2v) is 10.2. The monoisotopic (exact) mass is 515 g/mol. The first-order chi connectivity index (χ1) is 19.1. The fourth-order valence-corrected chi connectivity index (χ4v) is 5.23. The molecule has 1 fully saturated rings. The molecule has 0 bridgehead atoms. The van der Waals surface area contributed by atoms with Crippen LogP contribution in [0.15, 0.2) is 84.1 Å². The molecule has 0 unspecified atom stereocenters. The molecule has 1 aliphatic heterocycles. The van der Waals surface area contributed by atoms with Crippen molar-refractivity contribution >= 4 is 28.3 Å². The van der Waals surface area contributed by atoms with Gasteiger partial charge in [0.25, 0.3) is 0 Å². The van der Waals surface area contributed by atoms with Gasteiger partial charge in [0.05, 0.1) is 22.9 Å². The Morgan fingerprint density at radius 1 is 0.923 bits per heavy atom. The van der Waals surface area contributed by atoms with E-state index >= 15 is 0 Å². The van der Waals surface area contributed by atoms with Crippen LogP contribution in [-0.2, 0) is 11.2 Å². The van der Waals surface area contributed by atoms with Crippen molar-refractivity contribution < 1.29 is 9.18 Å². The number of aliphatic imine (C=N–C) groups is 1. The number of para-hydroxylation sites is 1. The first-order valence-corrected chi connectivity index (χ1v) is 13.3. The van der Waals surface area contributed by atoms with Crippen molar-refractivity contribution in [1.29, 1.82) is 0 Å². The van der Waals surface area contributed by atoms with Crippen LogP contribution in [-0.4, -0.2) is 33.1 Å². The third kappa shape index (κ3) is 4.61. The first kappa shape index (κ1) is 23.5. The van der Waals surface area contributed by atoms with E-state index in [2.05, 4.69) is 33.5 Å². The Morgan fingerprint density at radius 3 is 2.69 bits per heavy atom. The zero-order chi connectivity index (χ0) is 26.3. The molecule has 39 heavy (non-hydrogen) atoms. The molecule has 1 amide bonds. The van der Waals surface area contributed by atoms with E-state index in [0.29, 0.717) is 18.1 Å². The summed E-state index contributed by atoms with van der Waals surface area (Å²) in [5, 5.41) is 2.99. The molecule has 5 aromatic rings. The number of nitrogens with one attached hydrogen (secondary N) is 2. The van der Waals surface area contributed by atoms with Gasteiger partial charge in [-0.25, -0.2) is 9.37 Å². The standard InChI is InChI=1S/C32H26FN5O/c33-24-6-1-4-22(14-24)26-7-2-8-28-29(26)38-31(37-28)30-27-16-21(12-9-19(27)5-3-13-35-30)23-15-25(18-34-17-23)36-32(39)20-10-11-20/h1-2,4,6-9,12,14-18,20H,3,5,10-11,13H2,(H,36,39)(H,37,38). The van der Waals surface area contributed by atoms with Gasteiger partial charge in [0, 0.05) is 35.3 Å². The molecule has 0 saturated heterocycles. The average molecular weight is 516 g/mol. The molecule has 7 heteroatoms. The number of carbonyl (C=O) groups excluding carboxylic acids is 1. The number of aromatic amines is 1. The fraction of sp³-hybridized carbons (Fsp3) is 0.188. The summed E-state index contributed by atoms with van der Waals surface area (Å²) in [5.41, 5.74) is 9.00. The first-order valence-electron chi connectivity index (χ1n) is 13.3. The summed E-state index contributed by atoms with van der Waals surface area (Å²) in [6.45, 7) is 0.706. The molecule has 1 aliphatic carbocycles. The predicted octanol–water partition coefficient (Wildman–Crippen LogP) is 6.56. The van der Waals surface area contributed by atoms with Gasteiger partial charge in [-0.1, -0.05) is 36.4 Å². The lowest BCUT2D eigenvalue weighted by Gasteiger charge is -2.12. The highest BCUT2D eigenvalue weighted by Gasteiger charge is 2.29. The van der Waals surface area contributed by atoms with Crippen molar-refractivity contribution in [3.05, 3.63) is 102 Å². The quantitative estimate of drug-likeness (QED) is 0.278. The van der Waals surface area contributed by atoms with Crippen molar-refractivity contribution in [3.8, 4) is 22.3 Å². The molecule has 3 heterocycles. The maximum Gasteiger partial charge on any atom is 0.227 e. The van der Waals surface area contributed by atoms with E-state index in [1.165, 1.54) is 17.7 Å². The molecule has 6 nitrogen and oxygen atoms in total. The minimum absolute atomic E-state index is 0.0628. The minimum atomic E-state index is -0.277. The molecule has 0 atom stereocenters. The lowest BCUT2D eigenvalue weighted by atomic mass is 9.95. The van der Waals surface area contributed by atoms with E-state index in [1.54, 1.807) is 12.3 Å². The van der Waals surface area contributed by atoms with Crippen molar-refractivity contribution in [2.24, 2.45) is 10.9 Å². The van der Waals surface area contributed by atoms with Crippen LogP contribution in [0.4, 0.5) is 10.1 Å². The summed E-state index contributed by atoms with van der Waals surface area (Å²) in [5.74, 6) is 0.608. The van der Waals surface area contributed by atoms with E-state index in [9.17, 15) is 9.18 Å². The summed E-state index contributed by atoms with van der Waals surface area (Å²) < 4.78 is 14.0. The van der Waals surface area contributed by atoms with E-state index in [4.69, 9.17) is 9.98 Å². The lowest BCUT2D eigenvalue weighted by Crippen LogP contribution is -2.13. The number of hydrogen-bond acceptors (Lipinski definition) is 4. The fourth-order valence-electron chi connectivity index (χ4n) is 5.23. The number of aryl methyl sites for hydroxylation is 1. The lowest BCUT2D eigenvalue weighted by molar-refractivity contribution is -0.117. The maximum atomic E-state index is 14.0. The van der Waals surface area contributed by atoms with Crippen molar-refractivity contribution in [2.45, 2.75) is 25.7 Å². The highest BCUT2D eigenvalue weighted by molar-refractivity contribution is 6.14. The summed E-state index contributed by atoms with van der Waals surface area (Å²) in [4.78, 5) is 30.1. The number of imidazole rings is 1. The second kappa shape index (κ2) is 9.58. The van der Waals surface area contributed by atoms with Gasteiger partial charge < -0.3 is 10.3 Å². The van der Waals surface area contributed by atoms with Gasteiger partial charge >= 0.3 is 0 Å². The van der Waals surface area contributed by atoms with Crippen LogP contribution < -0.4 is 5.32 Å². The number of halogens is 1. The third-order valence-corrected chi connectivity index (χ3v) is 7.40. The van der Waals surface area contributed by atoms with E-state index < -0.39 is 0 Å². The molecule has 2 aromatic heterocycles. The number of carbonyl (C=O) groups is 1. The number of rotatable bonds is 5. The van der Waals surface area contributed by atoms with E-state index in [1.807, 2.05) is 36.5 Å². The van der Waals surface area contributed by atoms with Crippen molar-refractivity contribution in [2.75, 3.05) is 11.9 Å². The molecule has 3 aromatic carbocycles. The number of benzene rings is 3. The average Bonchev–Trinajstić information content (AvgIpc) is 3.75. The highest BCUT2D eigenvalue weighted by atomic mass is 19.1. The smallest absolute Gasteiger partial charge is 0.227 e. The predicted molar refractivity (Wildman–Crippen MR) is 151 cm³/mol. The number of pyridine rings is 1. The largest absolute Gasteiger partial charge is 0.337 e. The normalized spacial score (nSPS) is 14.9. The Hall–Kier alpha value is -4.65. The van der Waals surface area contributed by atoms with Gasteiger partial charge in [0.2, 0.25) is 5.91 Å². The zero-order valence-electron chi connectivity index (χ0n) is 21.2. The molecule has 1 saturated carbocycles. The van der Waals surface area contributed by atoms with Gasteiger partial charge in [-0.15, -0.1) is 0 Å². The van der Waals surface area contributed by atoms with Crippen LogP contribution in [0.1, 0.15) is 36.2 Å². The summed E-state index contributed by atoms with van der Waals surface area (Å²) >= 11 is 0. The third-order valence-electron chi connectivity index (χ3n) is 7.40. The number of aromatic nitrogens is 3. The van der Waals surface area contributed by atoms with E-state index in [0.717, 1.165) is 70.2 Å². The second-order valence-electron chi connectivity index (χ2n) is 10.2. The van der Waals surface area contributed by atoms with E-state index in [-0.39, 0.29) is 17.6 Å². The molecular formula is C32H26FN5O. The Morgan fingerprint density at radius 2 is 1.82 bits per heavy atom. The van der Waals surface area contributed by atoms with Crippen molar-refractivity contribution in [3.63, 3.8) is 0 Å². The number of nitrogens with zero attached hydrogens (tertiary/aromatic N) is 3. The van der Waals surface area contributed by atoms with Crippen LogP contribution in [0.25, 0.3) is 33.3 Å². The molecule has 192 valence electrons. The Labute approximate surface area is 225 Å². The number of hydrogen-bond donors (Lipinski definition) is 2. The van der Waals surface area contributed by atoms with Crippen LogP contribution in [0, 0.1) is 11.7 Å². The molecule has 0 spiro atoms. The Kier molecular flexibility index (Phi) is 5.77. The SMILES string of the molecule is O=C(Nc1cncc(-c2ccc3c(c2)C(c2nc4c(-c5cccc(F)c5)cccc4[nH]2)=NCCC3)c1)C1CC1. The van der Waals surface area contributed by atoms with Crippen LogP contribution in [0.3, 0.4) is 0 Å². The highest BCUT2D eigenvalue weighted by Crippen LogP contribution is 2.32. The Bertz CT molecular complexity index is 1770. The summed E-state index contributed by atoms with van der Waals surface area (Å²) in [6.07, 6.45) is 7.29. The van der Waals surface area contributed by atoms with Crippen molar-refractivity contribution in [1.82, 2.24) is 15.0 Å². The van der Waals surface area contributed by atoms with Gasteiger partial charge in [0.1, 0.15) is 11.5 Å². The summed E-state index contributed by atoms with van der Waals surface area (Å²) in [6, 6.07) is 20.8. The van der Waals surface area contributed by atoms with Gasteiger partial charge in [0.15, 0.2) is 5.82 Å². The van der Waals surface area contributed by atoms with Crippen LogP contribution in [0.2, 0.25) is 0 Å². The number of fused-ring (bicyclic) bond motifs is 2. The van der Waals surface area contributed by atoms with Gasteiger partial charge in [-0.2, -0.15) is 0 Å². The maximum absolute atomic E-state index is 14.0. The molecular weight excluding hydrogens is 489 g/mol. The molecule has 0 radical (unpaired) electrons. The molecule has 2 aliphatic rings. The van der Waals surface area contributed by atoms with Crippen LogP contribution in [0.5, 0.6) is 0 Å².